The monoisotopic (exact) mass is 540 g/mol. The molecule has 0 fully saturated rings. The molecule has 0 aliphatic heterocycles. The summed E-state index contributed by atoms with van der Waals surface area (Å²) in [6.45, 7) is 5.97. The summed E-state index contributed by atoms with van der Waals surface area (Å²) in [6.07, 6.45) is 1.85. The molecule has 0 atom stereocenters. The molecule has 42 heavy (non-hydrogen) atoms. The highest BCUT2D eigenvalue weighted by Gasteiger charge is 2.14. The Balaban J connectivity index is 1.38. The minimum atomic E-state index is 0.680. The topological polar surface area (TPSA) is 38.9 Å². The number of aromatic nitrogens is 2. The summed E-state index contributed by atoms with van der Waals surface area (Å²) in [4.78, 5) is 10.2. The van der Waals surface area contributed by atoms with Crippen LogP contribution in [0.2, 0.25) is 0 Å². The van der Waals surface area contributed by atoms with Crippen molar-refractivity contribution in [2.75, 3.05) is 0 Å². The molecule has 0 spiro atoms. The van der Waals surface area contributed by atoms with Gasteiger partial charge in [0, 0.05) is 27.6 Å². The van der Waals surface area contributed by atoms with Crippen LogP contribution >= 0.6 is 0 Å². The second-order valence-electron chi connectivity index (χ2n) is 10.3. The van der Waals surface area contributed by atoms with Gasteiger partial charge >= 0.3 is 0 Å². The largest absolute Gasteiger partial charge is 0.461 e. The van der Waals surface area contributed by atoms with Gasteiger partial charge in [-0.3, -0.25) is 0 Å². The zero-order valence-corrected chi connectivity index (χ0v) is 23.3. The van der Waals surface area contributed by atoms with Gasteiger partial charge in [0.1, 0.15) is 11.3 Å². The molecule has 0 N–H and O–H groups in total. The van der Waals surface area contributed by atoms with E-state index in [1.54, 1.807) is 0 Å². The third kappa shape index (κ3) is 4.82. The van der Waals surface area contributed by atoms with Crippen LogP contribution in [0.15, 0.2) is 144 Å². The molecule has 0 aliphatic rings. The van der Waals surface area contributed by atoms with Gasteiger partial charge in [0.05, 0.1) is 11.4 Å². The predicted octanol–water partition coefficient (Wildman–Crippen LogP) is 10.5. The number of fused-ring (bicyclic) bond motifs is 1. The lowest BCUT2D eigenvalue weighted by atomic mass is 10.0. The van der Waals surface area contributed by atoms with Crippen LogP contribution in [0.3, 0.4) is 0 Å². The Labute approximate surface area is 245 Å². The van der Waals surface area contributed by atoms with Gasteiger partial charge in [-0.05, 0) is 59.5 Å². The average Bonchev–Trinajstić information content (AvgIpc) is 3.39. The van der Waals surface area contributed by atoms with Crippen LogP contribution in [-0.2, 0) is 0 Å². The first-order chi connectivity index (χ1) is 20.7. The maximum atomic E-state index is 5.97. The number of benzene rings is 5. The van der Waals surface area contributed by atoms with Crippen molar-refractivity contribution < 1.29 is 4.42 Å². The normalized spacial score (nSPS) is 11.1. The summed E-state index contributed by atoms with van der Waals surface area (Å²) in [5.41, 5.74) is 11.2. The van der Waals surface area contributed by atoms with E-state index in [0.717, 1.165) is 61.5 Å². The molecule has 0 radical (unpaired) electrons. The Bertz CT molecular complexity index is 2040. The lowest BCUT2D eigenvalue weighted by Gasteiger charge is -2.11. The minimum Gasteiger partial charge on any atom is -0.461 e. The lowest BCUT2D eigenvalue weighted by Crippen LogP contribution is -1.96. The number of rotatable bonds is 6. The summed E-state index contributed by atoms with van der Waals surface area (Å²) < 4.78 is 5.97. The van der Waals surface area contributed by atoms with E-state index in [1.165, 1.54) is 11.1 Å². The van der Waals surface area contributed by atoms with Gasteiger partial charge in [-0.2, -0.15) is 0 Å². The Morgan fingerprint density at radius 2 is 1.07 bits per heavy atom. The van der Waals surface area contributed by atoms with Gasteiger partial charge < -0.3 is 4.42 Å². The smallest absolute Gasteiger partial charge is 0.160 e. The van der Waals surface area contributed by atoms with Crippen LogP contribution < -0.4 is 0 Å². The zero-order valence-electron chi connectivity index (χ0n) is 23.3. The van der Waals surface area contributed by atoms with Crippen molar-refractivity contribution in [3.63, 3.8) is 0 Å². The molecule has 0 saturated carbocycles. The Morgan fingerprint density at radius 1 is 0.524 bits per heavy atom. The van der Waals surface area contributed by atoms with Gasteiger partial charge in [-0.25, -0.2) is 9.97 Å². The predicted molar refractivity (Wildman–Crippen MR) is 174 cm³/mol. The molecule has 200 valence electrons. The maximum absolute atomic E-state index is 5.97. The zero-order chi connectivity index (χ0) is 28.5. The van der Waals surface area contributed by atoms with E-state index in [2.05, 4.69) is 122 Å². The second-order valence-corrected chi connectivity index (χ2v) is 10.3. The Morgan fingerprint density at radius 3 is 1.76 bits per heavy atom. The fourth-order valence-electron chi connectivity index (χ4n) is 5.46. The Kier molecular flexibility index (Phi) is 6.54. The number of hydrogen-bond donors (Lipinski definition) is 0. The highest BCUT2D eigenvalue weighted by atomic mass is 16.3. The van der Waals surface area contributed by atoms with Gasteiger partial charge in [0.2, 0.25) is 0 Å². The molecule has 3 nitrogen and oxygen atoms in total. The molecule has 7 aromatic rings. The molecule has 2 aromatic heterocycles. The van der Waals surface area contributed by atoms with E-state index in [-0.39, 0.29) is 0 Å². The van der Waals surface area contributed by atoms with Crippen molar-refractivity contribution in [3.05, 3.63) is 151 Å². The van der Waals surface area contributed by atoms with E-state index in [0.29, 0.717) is 5.82 Å². The van der Waals surface area contributed by atoms with Crippen molar-refractivity contribution in [1.82, 2.24) is 9.97 Å². The molecular formula is C39H28N2O. The lowest BCUT2D eigenvalue weighted by molar-refractivity contribution is 0.577. The van der Waals surface area contributed by atoms with Gasteiger partial charge in [-0.15, -0.1) is 0 Å². The van der Waals surface area contributed by atoms with Crippen LogP contribution in [0.25, 0.3) is 73.2 Å². The van der Waals surface area contributed by atoms with Crippen LogP contribution in [0.4, 0.5) is 0 Å². The summed E-state index contributed by atoms with van der Waals surface area (Å²) in [7, 11) is 0. The fourth-order valence-corrected chi connectivity index (χ4v) is 5.46. The molecule has 5 aromatic carbocycles. The van der Waals surface area contributed by atoms with Crippen molar-refractivity contribution in [3.8, 4) is 56.2 Å². The van der Waals surface area contributed by atoms with Crippen LogP contribution in [-0.4, -0.2) is 9.97 Å². The molecular weight excluding hydrogens is 512 g/mol. The molecule has 3 heteroatoms. The van der Waals surface area contributed by atoms with Crippen LogP contribution in [0.1, 0.15) is 11.3 Å². The molecule has 0 aliphatic carbocycles. The number of aryl methyl sites for hydroxylation is 1. The molecule has 0 unspecified atom stereocenters. The molecule has 2 heterocycles. The van der Waals surface area contributed by atoms with E-state index in [4.69, 9.17) is 14.4 Å². The van der Waals surface area contributed by atoms with Gasteiger partial charge in [0.15, 0.2) is 5.82 Å². The average molecular weight is 541 g/mol. The molecule has 0 bridgehead atoms. The van der Waals surface area contributed by atoms with Crippen molar-refractivity contribution in [1.29, 1.82) is 0 Å². The maximum Gasteiger partial charge on any atom is 0.160 e. The molecule has 0 amide bonds. The fraction of sp³-hybridized carbons (Fsp3) is 0.0256. The second kappa shape index (κ2) is 10.8. The third-order valence-electron chi connectivity index (χ3n) is 7.65. The van der Waals surface area contributed by atoms with Crippen molar-refractivity contribution in [2.24, 2.45) is 0 Å². The summed E-state index contributed by atoms with van der Waals surface area (Å²) >= 11 is 0. The SMILES string of the molecule is C=Cc1c(C)oc2ccc(-c3cc(-c4ccc(-c5ccccc5)cc4)nc(-c4cccc(-c5ccccc5)c4)n3)cc12. The van der Waals surface area contributed by atoms with Crippen molar-refractivity contribution >= 4 is 17.0 Å². The number of hydrogen-bond acceptors (Lipinski definition) is 3. The Hall–Kier alpha value is -5.54. The minimum absolute atomic E-state index is 0.680. The van der Waals surface area contributed by atoms with E-state index in [9.17, 15) is 0 Å². The van der Waals surface area contributed by atoms with E-state index < -0.39 is 0 Å². The molecule has 7 rings (SSSR count). The summed E-state index contributed by atoms with van der Waals surface area (Å²) in [6, 6.07) is 46.1. The number of nitrogens with zero attached hydrogens (tertiary/aromatic N) is 2. The van der Waals surface area contributed by atoms with Gasteiger partial charge in [0.25, 0.3) is 0 Å². The third-order valence-corrected chi connectivity index (χ3v) is 7.65. The van der Waals surface area contributed by atoms with Crippen molar-refractivity contribution in [2.45, 2.75) is 6.92 Å². The highest BCUT2D eigenvalue weighted by Crippen LogP contribution is 2.34. The van der Waals surface area contributed by atoms with E-state index >= 15 is 0 Å². The summed E-state index contributed by atoms with van der Waals surface area (Å²) in [5, 5.41) is 1.03. The molecule has 0 saturated heterocycles. The highest BCUT2D eigenvalue weighted by molar-refractivity contribution is 5.92. The van der Waals surface area contributed by atoms with Crippen LogP contribution in [0.5, 0.6) is 0 Å². The number of furan rings is 1. The standard InChI is InChI=1S/C39H28N2O/c1-3-34-26(2)42-38-22-21-32(24-35(34)38)37-25-36(30-19-17-29(18-20-30)27-11-6-4-7-12-27)40-39(41-37)33-16-10-15-31(23-33)28-13-8-5-9-14-28/h3-25H,1H2,2H3. The van der Waals surface area contributed by atoms with Crippen LogP contribution in [0, 0.1) is 6.92 Å². The summed E-state index contributed by atoms with van der Waals surface area (Å²) in [5.74, 6) is 1.54. The first kappa shape index (κ1) is 25.4. The quantitative estimate of drug-likeness (QED) is 0.211. The van der Waals surface area contributed by atoms with E-state index in [1.807, 2.05) is 31.2 Å². The first-order valence-electron chi connectivity index (χ1n) is 14.0. The first-order valence-corrected chi connectivity index (χ1v) is 14.0. The van der Waals surface area contributed by atoms with Gasteiger partial charge in [-0.1, -0.05) is 116 Å².